The molecule has 0 aliphatic carbocycles. The predicted molar refractivity (Wildman–Crippen MR) is 73.3 cm³/mol. The van der Waals surface area contributed by atoms with Crippen molar-refractivity contribution in [1.29, 1.82) is 0 Å². The lowest BCUT2D eigenvalue weighted by molar-refractivity contribution is 0.0601. The number of rotatable bonds is 1. The second-order valence-electron chi connectivity index (χ2n) is 5.71. The molecule has 18 heavy (non-hydrogen) atoms. The quantitative estimate of drug-likeness (QED) is 0.714. The van der Waals surface area contributed by atoms with Crippen LogP contribution in [0.1, 0.15) is 49.0 Å². The molecule has 98 valence electrons. The van der Waals surface area contributed by atoms with Crippen molar-refractivity contribution in [3.05, 3.63) is 29.3 Å². The van der Waals surface area contributed by atoms with Crippen LogP contribution in [0.2, 0.25) is 0 Å². The van der Waals surface area contributed by atoms with E-state index in [-0.39, 0.29) is 11.5 Å². The van der Waals surface area contributed by atoms with Gasteiger partial charge in [-0.25, -0.2) is 4.79 Å². The summed E-state index contributed by atoms with van der Waals surface area (Å²) in [7, 11) is 3.48. The highest BCUT2D eigenvalue weighted by Gasteiger charge is 2.36. The second-order valence-corrected chi connectivity index (χ2v) is 5.71. The Morgan fingerprint density at radius 3 is 2.72 bits per heavy atom. The number of para-hydroxylation sites is 1. The van der Waals surface area contributed by atoms with Gasteiger partial charge >= 0.3 is 5.97 Å². The third kappa shape index (κ3) is 1.88. The summed E-state index contributed by atoms with van der Waals surface area (Å²) in [6, 6.07) is 5.89. The predicted octanol–water partition coefficient (Wildman–Crippen LogP) is 3.20. The smallest absolute Gasteiger partial charge is 0.339 e. The number of fused-ring (bicyclic) bond motifs is 1. The first kappa shape index (κ1) is 12.9. The molecule has 0 saturated carbocycles. The van der Waals surface area contributed by atoms with Gasteiger partial charge in [0.1, 0.15) is 0 Å². The third-order valence-electron chi connectivity index (χ3n) is 4.05. The highest BCUT2D eigenvalue weighted by molar-refractivity contribution is 5.97. The molecule has 1 aliphatic heterocycles. The number of methoxy groups -OCH3 is 1. The van der Waals surface area contributed by atoms with Crippen LogP contribution >= 0.6 is 0 Å². The molecule has 3 heteroatoms. The van der Waals surface area contributed by atoms with Crippen LogP contribution in [0.25, 0.3) is 0 Å². The second kappa shape index (κ2) is 4.30. The zero-order chi connectivity index (χ0) is 13.5. The first-order chi connectivity index (χ1) is 8.38. The van der Waals surface area contributed by atoms with E-state index in [9.17, 15) is 4.79 Å². The molecule has 1 aromatic carbocycles. The van der Waals surface area contributed by atoms with Crippen LogP contribution in [0.5, 0.6) is 0 Å². The molecule has 0 saturated heterocycles. The van der Waals surface area contributed by atoms with Crippen LogP contribution in [0, 0.1) is 0 Å². The molecule has 0 unspecified atom stereocenters. The van der Waals surface area contributed by atoms with Gasteiger partial charge < -0.3 is 9.64 Å². The molecular formula is C15H21NO2. The van der Waals surface area contributed by atoms with Gasteiger partial charge in [0.25, 0.3) is 0 Å². The Hall–Kier alpha value is -1.51. The van der Waals surface area contributed by atoms with Gasteiger partial charge in [-0.15, -0.1) is 0 Å². The van der Waals surface area contributed by atoms with Crippen LogP contribution in [-0.2, 0) is 4.74 Å². The summed E-state index contributed by atoms with van der Waals surface area (Å²) in [5.74, 6) is 0.194. The zero-order valence-electron chi connectivity index (χ0n) is 11.8. The molecule has 0 N–H and O–H groups in total. The van der Waals surface area contributed by atoms with E-state index >= 15 is 0 Å². The fraction of sp³-hybridized carbons (Fsp3) is 0.533. The van der Waals surface area contributed by atoms with E-state index < -0.39 is 0 Å². The van der Waals surface area contributed by atoms with Gasteiger partial charge in [0.05, 0.1) is 18.4 Å². The van der Waals surface area contributed by atoms with Crippen LogP contribution in [-0.4, -0.2) is 25.7 Å². The molecule has 1 aromatic rings. The monoisotopic (exact) mass is 247 g/mol. The molecule has 3 nitrogen and oxygen atoms in total. The van der Waals surface area contributed by atoms with E-state index in [1.54, 1.807) is 0 Å². The summed E-state index contributed by atoms with van der Waals surface area (Å²) < 4.78 is 4.89. The van der Waals surface area contributed by atoms with Crippen molar-refractivity contribution in [3.63, 3.8) is 0 Å². The normalized spacial score (nSPS) is 21.4. The van der Waals surface area contributed by atoms with Crippen molar-refractivity contribution >= 4 is 11.7 Å². The summed E-state index contributed by atoms with van der Waals surface area (Å²) >= 11 is 0. The minimum Gasteiger partial charge on any atom is -0.465 e. The van der Waals surface area contributed by atoms with Crippen molar-refractivity contribution in [2.45, 2.75) is 38.6 Å². The van der Waals surface area contributed by atoms with Crippen LogP contribution < -0.4 is 4.90 Å². The number of carbonyl (C=O) groups excluding carboxylic acids is 1. The van der Waals surface area contributed by atoms with Crippen LogP contribution in [0.15, 0.2) is 18.2 Å². The molecule has 0 fully saturated rings. The molecule has 1 heterocycles. The topological polar surface area (TPSA) is 29.5 Å². The number of anilines is 1. The Morgan fingerprint density at radius 1 is 1.44 bits per heavy atom. The maximum atomic E-state index is 11.9. The van der Waals surface area contributed by atoms with E-state index in [1.807, 2.05) is 12.1 Å². The molecule has 0 amide bonds. The number of carbonyl (C=O) groups is 1. The van der Waals surface area contributed by atoms with E-state index in [0.29, 0.717) is 11.5 Å². The first-order valence-corrected chi connectivity index (χ1v) is 6.33. The molecule has 2 rings (SSSR count). The van der Waals surface area contributed by atoms with Crippen molar-refractivity contribution in [3.8, 4) is 0 Å². The van der Waals surface area contributed by atoms with Crippen molar-refractivity contribution in [2.75, 3.05) is 19.1 Å². The number of esters is 1. The average molecular weight is 247 g/mol. The largest absolute Gasteiger partial charge is 0.465 e. The SMILES string of the molecule is COC(=O)c1cccc2c1N(C)C(C)(C)C[C@@H]2C. The van der Waals surface area contributed by atoms with Gasteiger partial charge in [-0.3, -0.25) is 0 Å². The fourth-order valence-corrected chi connectivity index (χ4v) is 2.91. The summed E-state index contributed by atoms with van der Waals surface area (Å²) in [6.45, 7) is 6.63. The lowest BCUT2D eigenvalue weighted by atomic mass is 9.79. The summed E-state index contributed by atoms with van der Waals surface area (Å²) in [6.07, 6.45) is 1.08. The molecule has 1 aliphatic rings. The Bertz CT molecular complexity index is 479. The first-order valence-electron chi connectivity index (χ1n) is 6.33. The van der Waals surface area contributed by atoms with Gasteiger partial charge in [0, 0.05) is 12.6 Å². The van der Waals surface area contributed by atoms with Crippen molar-refractivity contribution in [1.82, 2.24) is 0 Å². The Balaban J connectivity index is 2.63. The maximum Gasteiger partial charge on any atom is 0.339 e. The van der Waals surface area contributed by atoms with E-state index in [2.05, 4.69) is 38.8 Å². The zero-order valence-corrected chi connectivity index (χ0v) is 11.8. The molecule has 0 spiro atoms. The van der Waals surface area contributed by atoms with Crippen LogP contribution in [0.3, 0.4) is 0 Å². The Labute approximate surface area is 109 Å². The van der Waals surface area contributed by atoms with Gasteiger partial charge in [0.15, 0.2) is 0 Å². The summed E-state index contributed by atoms with van der Waals surface area (Å²) in [5.41, 5.74) is 2.97. The maximum absolute atomic E-state index is 11.9. The Morgan fingerprint density at radius 2 is 2.11 bits per heavy atom. The Kier molecular flexibility index (Phi) is 3.09. The van der Waals surface area contributed by atoms with Gasteiger partial charge in [-0.1, -0.05) is 19.1 Å². The molecule has 0 radical (unpaired) electrons. The molecular weight excluding hydrogens is 226 g/mol. The van der Waals surface area contributed by atoms with E-state index in [0.717, 1.165) is 12.1 Å². The van der Waals surface area contributed by atoms with Gasteiger partial charge in [-0.05, 0) is 37.8 Å². The van der Waals surface area contributed by atoms with Gasteiger partial charge in [0.2, 0.25) is 0 Å². The van der Waals surface area contributed by atoms with E-state index in [4.69, 9.17) is 4.74 Å². The van der Waals surface area contributed by atoms with Gasteiger partial charge in [-0.2, -0.15) is 0 Å². The van der Waals surface area contributed by atoms with Crippen LogP contribution in [0.4, 0.5) is 5.69 Å². The molecule has 0 aromatic heterocycles. The summed E-state index contributed by atoms with van der Waals surface area (Å²) in [5, 5.41) is 0. The standard InChI is InChI=1S/C15H21NO2/c1-10-9-15(2,3)16(4)13-11(10)7-6-8-12(13)14(17)18-5/h6-8,10H,9H2,1-5H3/t10-/m0/s1. The van der Waals surface area contributed by atoms with Crippen molar-refractivity contribution in [2.24, 2.45) is 0 Å². The fourth-order valence-electron chi connectivity index (χ4n) is 2.91. The van der Waals surface area contributed by atoms with Crippen molar-refractivity contribution < 1.29 is 9.53 Å². The number of nitrogens with zero attached hydrogens (tertiary/aromatic N) is 1. The third-order valence-corrected chi connectivity index (χ3v) is 4.05. The highest BCUT2D eigenvalue weighted by atomic mass is 16.5. The van der Waals surface area contributed by atoms with E-state index in [1.165, 1.54) is 12.7 Å². The molecule has 0 bridgehead atoms. The lowest BCUT2D eigenvalue weighted by Gasteiger charge is -2.46. The minimum atomic E-state index is -0.261. The number of hydrogen-bond donors (Lipinski definition) is 0. The number of hydrogen-bond acceptors (Lipinski definition) is 3. The highest BCUT2D eigenvalue weighted by Crippen LogP contribution is 2.44. The molecule has 1 atom stereocenters. The summed E-state index contributed by atoms with van der Waals surface area (Å²) in [4.78, 5) is 14.1. The minimum absolute atomic E-state index is 0.0521. The average Bonchev–Trinajstić information content (AvgIpc) is 2.34. The lowest BCUT2D eigenvalue weighted by Crippen LogP contribution is -2.46. The number of benzene rings is 1. The number of ether oxygens (including phenoxy) is 1.